The van der Waals surface area contributed by atoms with Crippen LogP contribution in [0.4, 0.5) is 0 Å². The van der Waals surface area contributed by atoms with Crippen LogP contribution in [-0.4, -0.2) is 25.4 Å². The lowest BCUT2D eigenvalue weighted by Crippen LogP contribution is -2.02. The van der Waals surface area contributed by atoms with E-state index in [1.807, 2.05) is 12.1 Å². The Hall–Kier alpha value is -1.48. The van der Waals surface area contributed by atoms with Crippen molar-refractivity contribution in [1.29, 1.82) is 0 Å². The van der Waals surface area contributed by atoms with Crippen molar-refractivity contribution in [3.63, 3.8) is 0 Å². The van der Waals surface area contributed by atoms with Gasteiger partial charge in [0, 0.05) is 25.2 Å². The highest BCUT2D eigenvalue weighted by molar-refractivity contribution is 5.86. The average molecular weight is 205 g/mol. The molecule has 0 N–H and O–H groups in total. The molecule has 0 fully saturated rings. The van der Waals surface area contributed by atoms with E-state index in [0.717, 1.165) is 24.3 Å². The Morgan fingerprint density at radius 1 is 1.20 bits per heavy atom. The van der Waals surface area contributed by atoms with Gasteiger partial charge < -0.3 is 14.0 Å². The maximum absolute atomic E-state index is 5.30. The third-order valence-corrected chi connectivity index (χ3v) is 2.53. The molecular formula is C12H15NO2. The van der Waals surface area contributed by atoms with Crippen molar-refractivity contribution in [3.05, 3.63) is 30.5 Å². The lowest BCUT2D eigenvalue weighted by atomic mass is 10.2. The van der Waals surface area contributed by atoms with Crippen molar-refractivity contribution in [3.8, 4) is 5.75 Å². The van der Waals surface area contributed by atoms with Gasteiger partial charge in [-0.25, -0.2) is 0 Å². The second kappa shape index (κ2) is 4.36. The van der Waals surface area contributed by atoms with E-state index >= 15 is 0 Å². The molecule has 3 heteroatoms. The molecule has 0 bridgehead atoms. The summed E-state index contributed by atoms with van der Waals surface area (Å²) in [4.78, 5) is 0. The second-order valence-electron chi connectivity index (χ2n) is 3.40. The van der Waals surface area contributed by atoms with Crippen molar-refractivity contribution in [2.24, 2.45) is 0 Å². The van der Waals surface area contributed by atoms with E-state index in [9.17, 15) is 0 Å². The van der Waals surface area contributed by atoms with Crippen LogP contribution in [-0.2, 0) is 11.3 Å². The smallest absolute Gasteiger partial charge is 0.128 e. The molecule has 2 aromatic rings. The zero-order valence-electron chi connectivity index (χ0n) is 9.06. The fourth-order valence-electron chi connectivity index (χ4n) is 1.76. The van der Waals surface area contributed by atoms with Crippen LogP contribution in [0.3, 0.4) is 0 Å². The molecule has 15 heavy (non-hydrogen) atoms. The lowest BCUT2D eigenvalue weighted by Gasteiger charge is -2.05. The quantitative estimate of drug-likeness (QED) is 0.764. The minimum atomic E-state index is 0.723. The number of hydrogen-bond donors (Lipinski definition) is 0. The molecule has 0 saturated heterocycles. The largest absolute Gasteiger partial charge is 0.496 e. The van der Waals surface area contributed by atoms with Crippen molar-refractivity contribution in [2.75, 3.05) is 20.8 Å². The van der Waals surface area contributed by atoms with Gasteiger partial charge >= 0.3 is 0 Å². The van der Waals surface area contributed by atoms with Gasteiger partial charge in [-0.15, -0.1) is 0 Å². The van der Waals surface area contributed by atoms with E-state index in [0.29, 0.717) is 0 Å². The van der Waals surface area contributed by atoms with Gasteiger partial charge in [0.25, 0.3) is 0 Å². The molecule has 0 unspecified atom stereocenters. The molecule has 0 aliphatic rings. The van der Waals surface area contributed by atoms with E-state index in [4.69, 9.17) is 9.47 Å². The summed E-state index contributed by atoms with van der Waals surface area (Å²) in [6.07, 6.45) is 2.06. The van der Waals surface area contributed by atoms with Crippen LogP contribution in [0.2, 0.25) is 0 Å². The highest BCUT2D eigenvalue weighted by Crippen LogP contribution is 2.25. The SMILES string of the molecule is COCCn1ccc2c(OC)cccc21. The molecule has 0 saturated carbocycles. The first-order valence-corrected chi connectivity index (χ1v) is 4.97. The number of fused-ring (bicyclic) bond motifs is 1. The van der Waals surface area contributed by atoms with E-state index in [2.05, 4.69) is 22.9 Å². The molecule has 0 radical (unpaired) electrons. The highest BCUT2D eigenvalue weighted by Gasteiger charge is 2.04. The van der Waals surface area contributed by atoms with E-state index < -0.39 is 0 Å². The minimum absolute atomic E-state index is 0.723. The summed E-state index contributed by atoms with van der Waals surface area (Å²) in [5.41, 5.74) is 1.19. The number of rotatable bonds is 4. The number of ether oxygens (including phenoxy) is 2. The number of aromatic nitrogens is 1. The maximum atomic E-state index is 5.30. The molecule has 1 aromatic heterocycles. The fraction of sp³-hybridized carbons (Fsp3) is 0.333. The van der Waals surface area contributed by atoms with Crippen LogP contribution >= 0.6 is 0 Å². The third-order valence-electron chi connectivity index (χ3n) is 2.53. The van der Waals surface area contributed by atoms with Crippen molar-refractivity contribution in [1.82, 2.24) is 4.57 Å². The van der Waals surface area contributed by atoms with E-state index in [-0.39, 0.29) is 0 Å². The molecule has 1 heterocycles. The first kappa shape index (κ1) is 10.1. The van der Waals surface area contributed by atoms with Gasteiger partial charge in [0.05, 0.1) is 19.2 Å². The Labute approximate surface area is 89.2 Å². The molecule has 0 amide bonds. The number of methoxy groups -OCH3 is 2. The van der Waals surface area contributed by atoms with Gasteiger partial charge in [0.2, 0.25) is 0 Å². The summed E-state index contributed by atoms with van der Waals surface area (Å²) in [5.74, 6) is 0.920. The Bertz CT molecular complexity index is 448. The minimum Gasteiger partial charge on any atom is -0.496 e. The molecule has 0 aliphatic heterocycles. The van der Waals surface area contributed by atoms with Gasteiger partial charge in [-0.2, -0.15) is 0 Å². The monoisotopic (exact) mass is 205 g/mol. The van der Waals surface area contributed by atoms with Gasteiger partial charge in [0.1, 0.15) is 5.75 Å². The molecule has 0 atom stereocenters. The van der Waals surface area contributed by atoms with Crippen LogP contribution in [0.15, 0.2) is 30.5 Å². The normalized spacial score (nSPS) is 10.8. The summed E-state index contributed by atoms with van der Waals surface area (Å²) < 4.78 is 12.5. The third kappa shape index (κ3) is 1.83. The Balaban J connectivity index is 2.42. The van der Waals surface area contributed by atoms with Crippen molar-refractivity contribution >= 4 is 10.9 Å². The summed E-state index contributed by atoms with van der Waals surface area (Å²) >= 11 is 0. The van der Waals surface area contributed by atoms with Crippen LogP contribution < -0.4 is 4.74 Å². The predicted octanol–water partition coefficient (Wildman–Crippen LogP) is 2.30. The van der Waals surface area contributed by atoms with Crippen LogP contribution in [0.5, 0.6) is 5.75 Å². The number of nitrogens with zero attached hydrogens (tertiary/aromatic N) is 1. The number of benzene rings is 1. The average Bonchev–Trinajstić information content (AvgIpc) is 2.69. The topological polar surface area (TPSA) is 23.4 Å². The van der Waals surface area contributed by atoms with Crippen molar-refractivity contribution < 1.29 is 9.47 Å². The molecule has 80 valence electrons. The van der Waals surface area contributed by atoms with Crippen molar-refractivity contribution in [2.45, 2.75) is 6.54 Å². The molecule has 2 rings (SSSR count). The second-order valence-corrected chi connectivity index (χ2v) is 3.40. The summed E-state index contributed by atoms with van der Waals surface area (Å²) in [6, 6.07) is 8.14. The first-order chi connectivity index (χ1) is 7.36. The Morgan fingerprint density at radius 2 is 2.07 bits per heavy atom. The predicted molar refractivity (Wildman–Crippen MR) is 60.4 cm³/mol. The summed E-state index contributed by atoms with van der Waals surface area (Å²) in [5, 5.41) is 1.15. The maximum Gasteiger partial charge on any atom is 0.128 e. The van der Waals surface area contributed by atoms with Gasteiger partial charge in [-0.05, 0) is 18.2 Å². The standard InChI is InChI=1S/C12H15NO2/c1-14-9-8-13-7-6-10-11(13)4-3-5-12(10)15-2/h3-7H,8-9H2,1-2H3. The van der Waals surface area contributed by atoms with Crippen LogP contribution in [0, 0.1) is 0 Å². The van der Waals surface area contributed by atoms with Gasteiger partial charge in [-0.3, -0.25) is 0 Å². The first-order valence-electron chi connectivity index (χ1n) is 4.97. The molecule has 0 spiro atoms. The molecule has 0 aliphatic carbocycles. The highest BCUT2D eigenvalue weighted by atomic mass is 16.5. The molecule has 3 nitrogen and oxygen atoms in total. The Kier molecular flexibility index (Phi) is 2.92. The zero-order valence-corrected chi connectivity index (χ0v) is 9.06. The lowest BCUT2D eigenvalue weighted by molar-refractivity contribution is 0.188. The molecule has 1 aromatic carbocycles. The fourth-order valence-corrected chi connectivity index (χ4v) is 1.76. The van der Waals surface area contributed by atoms with E-state index in [1.165, 1.54) is 5.52 Å². The summed E-state index contributed by atoms with van der Waals surface area (Å²) in [6.45, 7) is 1.59. The zero-order chi connectivity index (χ0) is 10.7. The van der Waals surface area contributed by atoms with Crippen LogP contribution in [0.25, 0.3) is 10.9 Å². The summed E-state index contributed by atoms with van der Waals surface area (Å²) in [7, 11) is 3.41. The van der Waals surface area contributed by atoms with Crippen LogP contribution in [0.1, 0.15) is 0 Å². The van der Waals surface area contributed by atoms with Gasteiger partial charge in [0.15, 0.2) is 0 Å². The number of hydrogen-bond acceptors (Lipinski definition) is 2. The van der Waals surface area contributed by atoms with Gasteiger partial charge in [-0.1, -0.05) is 6.07 Å². The molecular weight excluding hydrogens is 190 g/mol. The Morgan fingerprint density at radius 3 is 2.80 bits per heavy atom. The van der Waals surface area contributed by atoms with E-state index in [1.54, 1.807) is 14.2 Å².